The zero-order chi connectivity index (χ0) is 20.0. The zero-order valence-electron chi connectivity index (χ0n) is 15.1. The molecule has 2 N–H and O–H groups in total. The summed E-state index contributed by atoms with van der Waals surface area (Å²) in [6.45, 7) is 0. The molecule has 0 saturated carbocycles. The number of amides is 1. The van der Waals surface area contributed by atoms with Gasteiger partial charge in [0.1, 0.15) is 0 Å². The summed E-state index contributed by atoms with van der Waals surface area (Å²) in [6, 6.07) is 8.02. The second-order valence-electron chi connectivity index (χ2n) is 5.56. The highest BCUT2D eigenvalue weighted by Crippen LogP contribution is 2.31. The second-order valence-corrected chi connectivity index (χ2v) is 5.56. The predicted molar refractivity (Wildman–Crippen MR) is 95.0 cm³/mol. The predicted octanol–water partition coefficient (Wildman–Crippen LogP) is 2.80. The molecule has 0 fully saturated rings. The van der Waals surface area contributed by atoms with Gasteiger partial charge in [0.2, 0.25) is 0 Å². The van der Waals surface area contributed by atoms with E-state index in [1.807, 2.05) is 0 Å². The van der Waals surface area contributed by atoms with E-state index < -0.39 is 30.2 Å². The molecule has 1 atom stereocenters. The normalized spacial score (nSPS) is 11.4. The molecule has 144 valence electrons. The molecule has 1 unspecified atom stereocenters. The van der Waals surface area contributed by atoms with Gasteiger partial charge in [-0.1, -0.05) is 12.1 Å². The van der Waals surface area contributed by atoms with Gasteiger partial charge < -0.3 is 24.6 Å². The fourth-order valence-electron chi connectivity index (χ4n) is 2.58. The van der Waals surface area contributed by atoms with Crippen LogP contribution in [-0.4, -0.2) is 38.3 Å². The number of carbonyl (C=O) groups excluding carboxylic acids is 1. The summed E-state index contributed by atoms with van der Waals surface area (Å²) < 4.78 is 29.5. The number of methoxy groups -OCH3 is 3. The lowest BCUT2D eigenvalue weighted by atomic mass is 10.0. The molecule has 1 amide bonds. The lowest BCUT2D eigenvalue weighted by Gasteiger charge is -2.19. The molecule has 0 aliphatic heterocycles. The monoisotopic (exact) mass is 377 g/mol. The summed E-state index contributed by atoms with van der Waals surface area (Å²) in [5, 5.41) is 11.7. The molecule has 0 heterocycles. The summed E-state index contributed by atoms with van der Waals surface area (Å²) in [7, 11) is 4.20. The third-order valence-corrected chi connectivity index (χ3v) is 3.92. The van der Waals surface area contributed by atoms with E-state index in [4.69, 9.17) is 14.2 Å². The van der Waals surface area contributed by atoms with E-state index in [1.54, 1.807) is 18.2 Å². The van der Waals surface area contributed by atoms with Gasteiger partial charge in [-0.2, -0.15) is 0 Å². The van der Waals surface area contributed by atoms with Crippen LogP contribution in [0.1, 0.15) is 28.4 Å². The lowest BCUT2D eigenvalue weighted by Crippen LogP contribution is -2.31. The molecule has 0 aliphatic carbocycles. The minimum Gasteiger partial charge on any atom is -0.494 e. The number of hydrogen-bond acceptors (Lipinski definition) is 5. The maximum absolute atomic E-state index is 14.3. The van der Waals surface area contributed by atoms with E-state index in [9.17, 15) is 19.1 Å². The van der Waals surface area contributed by atoms with Crippen LogP contribution in [0.5, 0.6) is 17.2 Å². The van der Waals surface area contributed by atoms with Crippen molar-refractivity contribution in [1.82, 2.24) is 5.32 Å². The van der Waals surface area contributed by atoms with Gasteiger partial charge in [0.15, 0.2) is 23.1 Å². The number of halogens is 1. The van der Waals surface area contributed by atoms with Gasteiger partial charge >= 0.3 is 5.97 Å². The van der Waals surface area contributed by atoms with Crippen LogP contribution in [0.15, 0.2) is 36.4 Å². The number of carboxylic acids is 1. The molecule has 0 aliphatic rings. The summed E-state index contributed by atoms with van der Waals surface area (Å²) in [4.78, 5) is 23.8. The standard InChI is InChI=1S/C19H20FNO6/c1-25-14-8-7-11(9-16(14)27-3)13(10-17(22)23)21-19(24)12-5-4-6-15(26-2)18(12)20/h4-9,13H,10H2,1-3H3,(H,21,24)(H,22,23). The largest absolute Gasteiger partial charge is 0.494 e. The number of nitrogens with one attached hydrogen (secondary N) is 1. The molecular formula is C19H20FNO6. The first-order valence-corrected chi connectivity index (χ1v) is 7.98. The number of ether oxygens (including phenoxy) is 3. The molecule has 0 spiro atoms. The second kappa shape index (κ2) is 8.88. The number of carbonyl (C=O) groups is 2. The highest BCUT2D eigenvalue weighted by Gasteiger charge is 2.23. The van der Waals surface area contributed by atoms with Crippen LogP contribution in [0.4, 0.5) is 4.39 Å². The van der Waals surface area contributed by atoms with Gasteiger partial charge in [-0.3, -0.25) is 9.59 Å². The lowest BCUT2D eigenvalue weighted by molar-refractivity contribution is -0.137. The number of aliphatic carboxylic acids is 1. The molecule has 0 aromatic heterocycles. The van der Waals surface area contributed by atoms with Crippen molar-refractivity contribution in [3.05, 3.63) is 53.3 Å². The molecule has 0 radical (unpaired) electrons. The van der Waals surface area contributed by atoms with Crippen LogP contribution in [0.2, 0.25) is 0 Å². The molecule has 0 bridgehead atoms. The summed E-state index contributed by atoms with van der Waals surface area (Å²) in [5.41, 5.74) is 0.233. The number of carboxylic acid groups (broad SMARTS) is 1. The van der Waals surface area contributed by atoms with Gasteiger partial charge in [-0.25, -0.2) is 4.39 Å². The first kappa shape index (κ1) is 20.0. The van der Waals surface area contributed by atoms with Gasteiger partial charge in [-0.15, -0.1) is 0 Å². The maximum Gasteiger partial charge on any atom is 0.305 e. The van der Waals surface area contributed by atoms with E-state index in [1.165, 1.54) is 39.5 Å². The molecule has 2 aromatic carbocycles. The Bertz CT molecular complexity index is 839. The summed E-state index contributed by atoms with van der Waals surface area (Å²) in [6.07, 6.45) is -0.396. The van der Waals surface area contributed by atoms with Crippen molar-refractivity contribution >= 4 is 11.9 Å². The highest BCUT2D eigenvalue weighted by molar-refractivity contribution is 5.95. The fourth-order valence-corrected chi connectivity index (χ4v) is 2.58. The summed E-state index contributed by atoms with van der Waals surface area (Å²) >= 11 is 0. The minimum atomic E-state index is -1.12. The molecule has 2 aromatic rings. The van der Waals surface area contributed by atoms with Crippen molar-refractivity contribution in [2.45, 2.75) is 12.5 Å². The van der Waals surface area contributed by atoms with Crippen molar-refractivity contribution in [3.63, 3.8) is 0 Å². The molecular weight excluding hydrogens is 357 g/mol. The fraction of sp³-hybridized carbons (Fsp3) is 0.263. The van der Waals surface area contributed by atoms with Crippen LogP contribution in [0.3, 0.4) is 0 Å². The Morgan fingerprint density at radius 1 is 1.04 bits per heavy atom. The van der Waals surface area contributed by atoms with E-state index in [0.29, 0.717) is 17.1 Å². The minimum absolute atomic E-state index is 0.0800. The topological polar surface area (TPSA) is 94.1 Å². The Hall–Kier alpha value is -3.29. The molecule has 7 nitrogen and oxygen atoms in total. The van der Waals surface area contributed by atoms with Crippen LogP contribution in [0.25, 0.3) is 0 Å². The highest BCUT2D eigenvalue weighted by atomic mass is 19.1. The smallest absolute Gasteiger partial charge is 0.305 e. The Kier molecular flexibility index (Phi) is 6.59. The maximum atomic E-state index is 14.3. The SMILES string of the molecule is COc1ccc(C(CC(=O)O)NC(=O)c2cccc(OC)c2F)cc1OC. The van der Waals surface area contributed by atoms with Crippen molar-refractivity contribution in [3.8, 4) is 17.2 Å². The summed E-state index contributed by atoms with van der Waals surface area (Å²) in [5.74, 6) is -1.94. The zero-order valence-corrected chi connectivity index (χ0v) is 15.1. The van der Waals surface area contributed by atoms with Crippen molar-refractivity contribution in [2.24, 2.45) is 0 Å². The Balaban J connectivity index is 2.35. The first-order valence-electron chi connectivity index (χ1n) is 7.98. The molecule has 27 heavy (non-hydrogen) atoms. The van der Waals surface area contributed by atoms with Gasteiger partial charge in [0.25, 0.3) is 5.91 Å². The molecule has 8 heteroatoms. The van der Waals surface area contributed by atoms with Crippen LogP contribution < -0.4 is 19.5 Å². The van der Waals surface area contributed by atoms with Gasteiger partial charge in [-0.05, 0) is 29.8 Å². The van der Waals surface area contributed by atoms with Crippen molar-refractivity contribution in [1.29, 1.82) is 0 Å². The quantitative estimate of drug-likeness (QED) is 0.735. The van der Waals surface area contributed by atoms with E-state index in [-0.39, 0.29) is 11.3 Å². The van der Waals surface area contributed by atoms with Crippen LogP contribution in [0, 0.1) is 5.82 Å². The van der Waals surface area contributed by atoms with Crippen molar-refractivity contribution < 1.29 is 33.3 Å². The van der Waals surface area contributed by atoms with E-state index in [0.717, 1.165) is 0 Å². The van der Waals surface area contributed by atoms with Crippen LogP contribution in [-0.2, 0) is 4.79 Å². The van der Waals surface area contributed by atoms with E-state index in [2.05, 4.69) is 5.32 Å². The third kappa shape index (κ3) is 4.66. The Morgan fingerprint density at radius 2 is 1.70 bits per heavy atom. The van der Waals surface area contributed by atoms with E-state index >= 15 is 0 Å². The average molecular weight is 377 g/mol. The Labute approximate surface area is 155 Å². The van der Waals surface area contributed by atoms with Crippen molar-refractivity contribution in [2.75, 3.05) is 21.3 Å². The van der Waals surface area contributed by atoms with Gasteiger partial charge in [0, 0.05) is 0 Å². The number of benzene rings is 2. The third-order valence-electron chi connectivity index (χ3n) is 3.92. The van der Waals surface area contributed by atoms with Gasteiger partial charge in [0.05, 0.1) is 39.4 Å². The molecule has 0 saturated heterocycles. The Morgan fingerprint density at radius 3 is 2.30 bits per heavy atom. The molecule has 2 rings (SSSR count). The first-order chi connectivity index (χ1) is 12.9. The number of hydrogen-bond donors (Lipinski definition) is 2. The van der Waals surface area contributed by atoms with Crippen LogP contribution >= 0.6 is 0 Å². The average Bonchev–Trinajstić information content (AvgIpc) is 2.66. The number of rotatable bonds is 8.